The van der Waals surface area contributed by atoms with Crippen molar-refractivity contribution in [2.45, 2.75) is 12.8 Å². The van der Waals surface area contributed by atoms with Gasteiger partial charge in [-0.2, -0.15) is 0 Å². The minimum absolute atomic E-state index is 0.367. The van der Waals surface area contributed by atoms with Crippen molar-refractivity contribution in [1.82, 2.24) is 0 Å². The van der Waals surface area contributed by atoms with Gasteiger partial charge in [-0.1, -0.05) is 86.3 Å². The van der Waals surface area contributed by atoms with E-state index in [0.29, 0.717) is 5.92 Å². The molecule has 1 atom stereocenters. The Hall–Kier alpha value is -2.08. The molecule has 0 heteroatoms. The van der Waals surface area contributed by atoms with Crippen molar-refractivity contribution in [3.63, 3.8) is 0 Å². The monoisotopic (exact) mass is 234 g/mol. The predicted octanol–water partition coefficient (Wildman–Crippen LogP) is 5.06. The summed E-state index contributed by atoms with van der Waals surface area (Å²) in [6.45, 7) is 6.06. The summed E-state index contributed by atoms with van der Waals surface area (Å²) in [6, 6.07) is 21.1. The molecule has 2 aromatic carbocycles. The Labute approximate surface area is 109 Å². The zero-order valence-corrected chi connectivity index (χ0v) is 10.7. The molecule has 2 rings (SSSR count). The van der Waals surface area contributed by atoms with Gasteiger partial charge in [0.15, 0.2) is 0 Å². The fourth-order valence-electron chi connectivity index (χ4n) is 2.17. The van der Waals surface area contributed by atoms with Gasteiger partial charge >= 0.3 is 0 Å². The molecule has 0 aliphatic rings. The zero-order valence-electron chi connectivity index (χ0n) is 10.7. The van der Waals surface area contributed by atoms with Crippen molar-refractivity contribution in [2.24, 2.45) is 0 Å². The van der Waals surface area contributed by atoms with E-state index in [1.807, 2.05) is 12.1 Å². The van der Waals surface area contributed by atoms with E-state index in [0.717, 1.165) is 0 Å². The van der Waals surface area contributed by atoms with Crippen molar-refractivity contribution in [1.29, 1.82) is 0 Å². The fourth-order valence-corrected chi connectivity index (χ4v) is 2.17. The summed E-state index contributed by atoms with van der Waals surface area (Å²) < 4.78 is 0. The molecule has 18 heavy (non-hydrogen) atoms. The molecule has 0 spiro atoms. The second-order valence-electron chi connectivity index (χ2n) is 4.36. The van der Waals surface area contributed by atoms with E-state index < -0.39 is 0 Å². The second kappa shape index (κ2) is 6.02. The highest BCUT2D eigenvalue weighted by Crippen LogP contribution is 2.31. The summed E-state index contributed by atoms with van der Waals surface area (Å²) in [5, 5.41) is 0. The minimum atomic E-state index is 0.367. The summed E-state index contributed by atoms with van der Waals surface area (Å²) in [4.78, 5) is 0. The molecule has 0 fully saturated rings. The highest BCUT2D eigenvalue weighted by atomic mass is 14.2. The molecule has 0 saturated carbocycles. The standard InChI is InChI=1S/C18H18/c1-3-10-18(17-13-8-5-9-14-17)15(2)16-11-6-4-7-12-16/h3-15H,1H2,2H3/b18-10-. The molecule has 90 valence electrons. The summed E-state index contributed by atoms with van der Waals surface area (Å²) in [5.41, 5.74) is 3.89. The molecule has 0 amide bonds. The summed E-state index contributed by atoms with van der Waals surface area (Å²) >= 11 is 0. The van der Waals surface area contributed by atoms with E-state index >= 15 is 0 Å². The van der Waals surface area contributed by atoms with Crippen molar-refractivity contribution in [3.05, 3.63) is 90.5 Å². The third-order valence-electron chi connectivity index (χ3n) is 3.17. The van der Waals surface area contributed by atoms with Crippen LogP contribution in [0.15, 0.2) is 79.4 Å². The average Bonchev–Trinajstić information content (AvgIpc) is 2.46. The van der Waals surface area contributed by atoms with Crippen LogP contribution in [0, 0.1) is 0 Å². The van der Waals surface area contributed by atoms with Crippen LogP contribution in [0.5, 0.6) is 0 Å². The Kier molecular flexibility index (Phi) is 4.14. The minimum Gasteiger partial charge on any atom is -0.0991 e. The van der Waals surface area contributed by atoms with Crippen LogP contribution in [0.25, 0.3) is 5.57 Å². The normalized spacial score (nSPS) is 13.1. The van der Waals surface area contributed by atoms with Gasteiger partial charge in [-0.25, -0.2) is 0 Å². The van der Waals surface area contributed by atoms with Crippen molar-refractivity contribution < 1.29 is 0 Å². The highest BCUT2D eigenvalue weighted by molar-refractivity contribution is 5.72. The van der Waals surface area contributed by atoms with E-state index in [1.54, 1.807) is 0 Å². The van der Waals surface area contributed by atoms with E-state index in [2.05, 4.69) is 74.2 Å². The molecular formula is C18H18. The number of hydrogen-bond acceptors (Lipinski definition) is 0. The molecule has 0 radical (unpaired) electrons. The van der Waals surface area contributed by atoms with E-state index in [4.69, 9.17) is 0 Å². The van der Waals surface area contributed by atoms with Crippen LogP contribution in [0.3, 0.4) is 0 Å². The molecule has 0 bridgehead atoms. The topological polar surface area (TPSA) is 0 Å². The van der Waals surface area contributed by atoms with Crippen molar-refractivity contribution in [2.75, 3.05) is 0 Å². The first kappa shape index (κ1) is 12.4. The van der Waals surface area contributed by atoms with Gasteiger partial charge in [0.2, 0.25) is 0 Å². The van der Waals surface area contributed by atoms with Crippen LogP contribution in [-0.2, 0) is 0 Å². The molecule has 1 unspecified atom stereocenters. The van der Waals surface area contributed by atoms with Crippen LogP contribution in [0.4, 0.5) is 0 Å². The molecular weight excluding hydrogens is 216 g/mol. The van der Waals surface area contributed by atoms with Gasteiger partial charge in [-0.15, -0.1) is 0 Å². The Balaban J connectivity index is 2.38. The first-order valence-corrected chi connectivity index (χ1v) is 6.26. The van der Waals surface area contributed by atoms with Crippen molar-refractivity contribution in [3.8, 4) is 0 Å². The van der Waals surface area contributed by atoms with Gasteiger partial charge in [0.05, 0.1) is 0 Å². The van der Waals surface area contributed by atoms with Crippen LogP contribution in [-0.4, -0.2) is 0 Å². The molecule has 0 aliphatic heterocycles. The highest BCUT2D eigenvalue weighted by Gasteiger charge is 2.11. The zero-order chi connectivity index (χ0) is 12.8. The lowest BCUT2D eigenvalue weighted by molar-refractivity contribution is 0.989. The third-order valence-corrected chi connectivity index (χ3v) is 3.17. The maximum absolute atomic E-state index is 3.83. The first-order valence-electron chi connectivity index (χ1n) is 6.26. The summed E-state index contributed by atoms with van der Waals surface area (Å²) in [6.07, 6.45) is 3.97. The smallest absolute Gasteiger partial charge is 0.00669 e. The lowest BCUT2D eigenvalue weighted by Gasteiger charge is -2.16. The molecule has 2 aromatic rings. The molecule has 0 aromatic heterocycles. The van der Waals surface area contributed by atoms with E-state index in [-0.39, 0.29) is 0 Å². The lowest BCUT2D eigenvalue weighted by Crippen LogP contribution is -1.97. The SMILES string of the molecule is C=C/C=C(\c1ccccc1)C(C)c1ccccc1. The first-order chi connectivity index (χ1) is 8.83. The Morgan fingerprint density at radius 2 is 1.50 bits per heavy atom. The summed E-state index contributed by atoms with van der Waals surface area (Å²) in [7, 11) is 0. The maximum atomic E-state index is 3.83. The second-order valence-corrected chi connectivity index (χ2v) is 4.36. The predicted molar refractivity (Wildman–Crippen MR) is 79.5 cm³/mol. The Morgan fingerprint density at radius 3 is 2.06 bits per heavy atom. The summed E-state index contributed by atoms with van der Waals surface area (Å²) in [5.74, 6) is 0.367. The fraction of sp³-hybridized carbons (Fsp3) is 0.111. The van der Waals surface area contributed by atoms with Crippen molar-refractivity contribution >= 4 is 5.57 Å². The number of rotatable bonds is 4. The van der Waals surface area contributed by atoms with Gasteiger partial charge in [-0.3, -0.25) is 0 Å². The Morgan fingerprint density at radius 1 is 0.944 bits per heavy atom. The molecule has 0 aliphatic carbocycles. The van der Waals surface area contributed by atoms with E-state index in [9.17, 15) is 0 Å². The van der Waals surface area contributed by atoms with Gasteiger partial charge in [0.25, 0.3) is 0 Å². The van der Waals surface area contributed by atoms with E-state index in [1.165, 1.54) is 16.7 Å². The largest absolute Gasteiger partial charge is 0.0991 e. The van der Waals surface area contributed by atoms with Crippen LogP contribution >= 0.6 is 0 Å². The van der Waals surface area contributed by atoms with Gasteiger partial charge in [0, 0.05) is 5.92 Å². The number of benzene rings is 2. The molecule has 0 nitrogen and oxygen atoms in total. The van der Waals surface area contributed by atoms with Gasteiger partial charge < -0.3 is 0 Å². The maximum Gasteiger partial charge on any atom is 0.00669 e. The van der Waals surface area contributed by atoms with Crippen LogP contribution in [0.1, 0.15) is 24.0 Å². The molecule has 0 saturated heterocycles. The third kappa shape index (κ3) is 2.78. The quantitative estimate of drug-likeness (QED) is 0.649. The van der Waals surface area contributed by atoms with Gasteiger partial charge in [-0.05, 0) is 16.7 Å². The Bertz CT molecular complexity index is 520. The van der Waals surface area contributed by atoms with Crippen LogP contribution < -0.4 is 0 Å². The number of hydrogen-bond donors (Lipinski definition) is 0. The lowest BCUT2D eigenvalue weighted by atomic mass is 9.88. The molecule has 0 N–H and O–H groups in total. The van der Waals surface area contributed by atoms with Crippen LogP contribution in [0.2, 0.25) is 0 Å². The van der Waals surface area contributed by atoms with Gasteiger partial charge in [0.1, 0.15) is 0 Å². The molecule has 0 heterocycles. The number of allylic oxidation sites excluding steroid dienone is 3. The average molecular weight is 234 g/mol.